The standard InChI is InChI=1S/C12H12ClF3N2/c13-10-4-3-9(8-17)11(7-10)18-6-2-1-5-12(14,15)16/h3-4,7,18H,1-2,5-6H2. The molecule has 0 saturated carbocycles. The van der Waals surface area contributed by atoms with Gasteiger partial charge in [0.2, 0.25) is 0 Å². The fraction of sp³-hybridized carbons (Fsp3) is 0.417. The zero-order valence-corrected chi connectivity index (χ0v) is 10.3. The summed E-state index contributed by atoms with van der Waals surface area (Å²) in [4.78, 5) is 0. The van der Waals surface area contributed by atoms with E-state index >= 15 is 0 Å². The number of nitrogens with one attached hydrogen (secondary N) is 1. The summed E-state index contributed by atoms with van der Waals surface area (Å²) in [6.07, 6.45) is -4.43. The van der Waals surface area contributed by atoms with Crippen molar-refractivity contribution in [2.45, 2.75) is 25.4 Å². The highest BCUT2D eigenvalue weighted by atomic mass is 35.5. The quantitative estimate of drug-likeness (QED) is 0.811. The third-order valence-electron chi connectivity index (χ3n) is 2.30. The van der Waals surface area contributed by atoms with Crippen LogP contribution in [0.3, 0.4) is 0 Å². The van der Waals surface area contributed by atoms with Crippen molar-refractivity contribution in [1.82, 2.24) is 0 Å². The molecule has 1 rings (SSSR count). The molecule has 0 bridgehead atoms. The van der Waals surface area contributed by atoms with Gasteiger partial charge in [0.15, 0.2) is 0 Å². The Morgan fingerprint density at radius 3 is 2.61 bits per heavy atom. The zero-order chi connectivity index (χ0) is 13.6. The third-order valence-corrected chi connectivity index (χ3v) is 2.54. The van der Waals surface area contributed by atoms with Crippen LogP contribution in [0, 0.1) is 11.3 Å². The molecule has 1 aromatic carbocycles. The van der Waals surface area contributed by atoms with E-state index in [1.165, 1.54) is 0 Å². The second-order valence-electron chi connectivity index (χ2n) is 3.80. The Morgan fingerprint density at radius 2 is 2.00 bits per heavy atom. The highest BCUT2D eigenvalue weighted by molar-refractivity contribution is 6.30. The average molecular weight is 277 g/mol. The van der Waals surface area contributed by atoms with E-state index in [9.17, 15) is 13.2 Å². The highest BCUT2D eigenvalue weighted by Gasteiger charge is 2.25. The molecule has 0 aliphatic rings. The van der Waals surface area contributed by atoms with Gasteiger partial charge in [-0.1, -0.05) is 11.6 Å². The van der Waals surface area contributed by atoms with Gasteiger partial charge >= 0.3 is 6.18 Å². The van der Waals surface area contributed by atoms with Crippen LogP contribution in [0.4, 0.5) is 18.9 Å². The molecule has 0 amide bonds. The van der Waals surface area contributed by atoms with Gasteiger partial charge < -0.3 is 5.32 Å². The number of anilines is 1. The van der Waals surface area contributed by atoms with Crippen molar-refractivity contribution in [2.24, 2.45) is 0 Å². The minimum atomic E-state index is -4.10. The molecule has 0 spiro atoms. The van der Waals surface area contributed by atoms with Gasteiger partial charge in [-0.3, -0.25) is 0 Å². The van der Waals surface area contributed by atoms with E-state index in [-0.39, 0.29) is 6.42 Å². The second-order valence-corrected chi connectivity index (χ2v) is 4.24. The van der Waals surface area contributed by atoms with E-state index in [4.69, 9.17) is 16.9 Å². The lowest BCUT2D eigenvalue weighted by Gasteiger charge is -2.09. The lowest BCUT2D eigenvalue weighted by Crippen LogP contribution is -2.09. The summed E-state index contributed by atoms with van der Waals surface area (Å²) in [6, 6.07) is 6.74. The van der Waals surface area contributed by atoms with Crippen LogP contribution < -0.4 is 5.32 Å². The molecular formula is C12H12ClF3N2. The van der Waals surface area contributed by atoms with E-state index in [1.807, 2.05) is 6.07 Å². The molecule has 0 unspecified atom stereocenters. The first-order chi connectivity index (χ1) is 8.42. The molecule has 2 nitrogen and oxygen atoms in total. The number of rotatable bonds is 5. The fourth-order valence-electron chi connectivity index (χ4n) is 1.43. The highest BCUT2D eigenvalue weighted by Crippen LogP contribution is 2.23. The maximum Gasteiger partial charge on any atom is 0.389 e. The van der Waals surface area contributed by atoms with Gasteiger partial charge in [0, 0.05) is 18.0 Å². The summed E-state index contributed by atoms with van der Waals surface area (Å²) in [5.41, 5.74) is 0.979. The molecular weight excluding hydrogens is 265 g/mol. The summed E-state index contributed by atoms with van der Waals surface area (Å²) >= 11 is 5.78. The minimum Gasteiger partial charge on any atom is -0.384 e. The van der Waals surface area contributed by atoms with Crippen molar-refractivity contribution in [3.8, 4) is 6.07 Å². The normalized spacial score (nSPS) is 11.1. The van der Waals surface area contributed by atoms with E-state index in [0.717, 1.165) is 0 Å². The van der Waals surface area contributed by atoms with Crippen molar-refractivity contribution in [1.29, 1.82) is 5.26 Å². The van der Waals surface area contributed by atoms with Crippen LogP contribution in [0.25, 0.3) is 0 Å². The molecule has 0 atom stereocenters. The molecule has 6 heteroatoms. The maximum atomic E-state index is 11.9. The summed E-state index contributed by atoms with van der Waals surface area (Å²) in [7, 11) is 0. The van der Waals surface area contributed by atoms with Crippen LogP contribution >= 0.6 is 11.6 Å². The SMILES string of the molecule is N#Cc1ccc(Cl)cc1NCCCCC(F)(F)F. The Balaban J connectivity index is 2.40. The Labute approximate surface area is 108 Å². The molecule has 98 valence electrons. The van der Waals surface area contributed by atoms with E-state index in [2.05, 4.69) is 5.32 Å². The largest absolute Gasteiger partial charge is 0.389 e. The lowest BCUT2D eigenvalue weighted by atomic mass is 10.2. The molecule has 18 heavy (non-hydrogen) atoms. The maximum absolute atomic E-state index is 11.9. The van der Waals surface area contributed by atoms with Gasteiger partial charge in [-0.25, -0.2) is 0 Å². The fourth-order valence-corrected chi connectivity index (χ4v) is 1.61. The van der Waals surface area contributed by atoms with Crippen molar-refractivity contribution < 1.29 is 13.2 Å². The van der Waals surface area contributed by atoms with Gasteiger partial charge in [0.05, 0.1) is 11.3 Å². The van der Waals surface area contributed by atoms with E-state index in [1.54, 1.807) is 18.2 Å². The first-order valence-electron chi connectivity index (χ1n) is 5.42. The van der Waals surface area contributed by atoms with Gasteiger partial charge in [0.25, 0.3) is 0 Å². The first-order valence-corrected chi connectivity index (χ1v) is 5.80. The van der Waals surface area contributed by atoms with E-state index < -0.39 is 12.6 Å². The number of alkyl halides is 3. The predicted octanol–water partition coefficient (Wildman–Crippen LogP) is 4.36. The Bertz CT molecular complexity index is 438. The number of nitrogens with zero attached hydrogens (tertiary/aromatic N) is 1. The molecule has 1 aromatic rings. The van der Waals surface area contributed by atoms with Crippen LogP contribution in [0.15, 0.2) is 18.2 Å². The van der Waals surface area contributed by atoms with Gasteiger partial charge in [-0.05, 0) is 31.0 Å². The molecule has 0 saturated heterocycles. The minimum absolute atomic E-state index is 0.0684. The summed E-state index contributed by atoms with van der Waals surface area (Å²) < 4.78 is 35.7. The van der Waals surface area contributed by atoms with Crippen LogP contribution in [-0.2, 0) is 0 Å². The van der Waals surface area contributed by atoms with Crippen molar-refractivity contribution in [3.63, 3.8) is 0 Å². The molecule has 0 aliphatic carbocycles. The van der Waals surface area contributed by atoms with E-state index in [0.29, 0.717) is 29.2 Å². The number of hydrogen-bond donors (Lipinski definition) is 1. The number of hydrogen-bond acceptors (Lipinski definition) is 2. The van der Waals surface area contributed by atoms with Crippen LogP contribution in [0.1, 0.15) is 24.8 Å². The predicted molar refractivity (Wildman–Crippen MR) is 64.6 cm³/mol. The Kier molecular flexibility index (Phi) is 5.29. The lowest BCUT2D eigenvalue weighted by molar-refractivity contribution is -0.135. The van der Waals surface area contributed by atoms with Crippen LogP contribution in [0.5, 0.6) is 0 Å². The smallest absolute Gasteiger partial charge is 0.384 e. The monoisotopic (exact) mass is 276 g/mol. The number of benzene rings is 1. The summed E-state index contributed by atoms with van der Waals surface area (Å²) in [5, 5.41) is 12.2. The van der Waals surface area contributed by atoms with Gasteiger partial charge in [0.1, 0.15) is 6.07 Å². The molecule has 0 aromatic heterocycles. The number of nitriles is 1. The molecule has 0 heterocycles. The van der Waals surface area contributed by atoms with Crippen LogP contribution in [-0.4, -0.2) is 12.7 Å². The number of unbranched alkanes of at least 4 members (excludes halogenated alkanes) is 1. The second kappa shape index (κ2) is 6.50. The van der Waals surface area contributed by atoms with Crippen LogP contribution in [0.2, 0.25) is 5.02 Å². The Hall–Kier alpha value is -1.41. The first kappa shape index (κ1) is 14.7. The van der Waals surface area contributed by atoms with Crippen molar-refractivity contribution in [2.75, 3.05) is 11.9 Å². The molecule has 0 radical (unpaired) electrons. The van der Waals surface area contributed by atoms with Gasteiger partial charge in [-0.15, -0.1) is 0 Å². The average Bonchev–Trinajstić information content (AvgIpc) is 2.27. The molecule has 1 N–H and O–H groups in total. The molecule has 0 fully saturated rings. The van der Waals surface area contributed by atoms with Crippen molar-refractivity contribution >= 4 is 17.3 Å². The van der Waals surface area contributed by atoms with Gasteiger partial charge in [-0.2, -0.15) is 18.4 Å². The topological polar surface area (TPSA) is 35.8 Å². The molecule has 0 aliphatic heterocycles. The Morgan fingerprint density at radius 1 is 1.28 bits per heavy atom. The summed E-state index contributed by atoms with van der Waals surface area (Å²) in [6.45, 7) is 0.380. The zero-order valence-electron chi connectivity index (χ0n) is 9.52. The summed E-state index contributed by atoms with van der Waals surface area (Å²) in [5.74, 6) is 0. The third kappa shape index (κ3) is 5.28. The van der Waals surface area contributed by atoms with Crippen molar-refractivity contribution in [3.05, 3.63) is 28.8 Å². The number of halogens is 4.